The highest BCUT2D eigenvalue weighted by Gasteiger charge is 2.13. The Balaban J connectivity index is 0.000000447. The number of benzene rings is 2. The van der Waals surface area contributed by atoms with Gasteiger partial charge in [-0.3, -0.25) is 0 Å². The fourth-order valence-electron chi connectivity index (χ4n) is 2.50. The highest BCUT2D eigenvalue weighted by molar-refractivity contribution is 7.21. The van der Waals surface area contributed by atoms with Crippen LogP contribution >= 0.6 is 11.3 Å². The summed E-state index contributed by atoms with van der Waals surface area (Å²) in [6, 6.07) is 22.5. The number of hydrogen-bond donors (Lipinski definition) is 1. The van der Waals surface area contributed by atoms with Gasteiger partial charge in [0.25, 0.3) is 0 Å². The average molecular weight is 359 g/mol. The summed E-state index contributed by atoms with van der Waals surface area (Å²) in [6.45, 7) is 4.00. The van der Waals surface area contributed by atoms with Crippen molar-refractivity contribution in [1.82, 2.24) is 9.97 Å². The van der Waals surface area contributed by atoms with Crippen LogP contribution in [-0.4, -0.2) is 9.97 Å². The van der Waals surface area contributed by atoms with Gasteiger partial charge in [-0.2, -0.15) is 0 Å². The molecule has 0 radical (unpaired) electrons. The number of aromatic nitrogens is 2. The molecule has 26 heavy (non-hydrogen) atoms. The summed E-state index contributed by atoms with van der Waals surface area (Å²) in [7, 11) is 0. The molecule has 0 fully saturated rings. The number of nitrogens with zero attached hydrogens (tertiary/aromatic N) is 2. The Morgan fingerprint density at radius 2 is 1.38 bits per heavy atom. The molecular formula is C22H21N3S. The van der Waals surface area contributed by atoms with Crippen molar-refractivity contribution in [2.75, 3.05) is 5.73 Å². The summed E-state index contributed by atoms with van der Waals surface area (Å²) in [5.74, 6) is 0.313. The van der Waals surface area contributed by atoms with E-state index < -0.39 is 0 Å². The first-order chi connectivity index (χ1) is 12.7. The molecule has 0 saturated carbocycles. The van der Waals surface area contributed by atoms with Crippen molar-refractivity contribution in [3.63, 3.8) is 0 Å². The van der Waals surface area contributed by atoms with Crippen molar-refractivity contribution in [2.24, 2.45) is 0 Å². The molecule has 130 valence electrons. The molecule has 0 aliphatic carbocycles. The summed E-state index contributed by atoms with van der Waals surface area (Å²) in [6.07, 6.45) is 4.00. The van der Waals surface area contributed by atoms with Crippen LogP contribution in [0.2, 0.25) is 0 Å². The molecule has 4 heteroatoms. The molecule has 0 amide bonds. The summed E-state index contributed by atoms with van der Waals surface area (Å²) in [5, 5.41) is 1.05. The van der Waals surface area contributed by atoms with Crippen LogP contribution in [0, 0.1) is 0 Å². The van der Waals surface area contributed by atoms with E-state index in [0.29, 0.717) is 5.95 Å². The number of fused-ring (bicyclic) bond motifs is 1. The highest BCUT2D eigenvalue weighted by Crippen LogP contribution is 2.37. The lowest BCUT2D eigenvalue weighted by Gasteiger charge is -2.03. The van der Waals surface area contributed by atoms with Gasteiger partial charge in [0.2, 0.25) is 5.95 Å². The Morgan fingerprint density at radius 1 is 0.808 bits per heavy atom. The van der Waals surface area contributed by atoms with Crippen molar-refractivity contribution >= 4 is 27.5 Å². The molecule has 0 aliphatic heterocycles. The van der Waals surface area contributed by atoms with E-state index in [1.807, 2.05) is 74.5 Å². The minimum Gasteiger partial charge on any atom is -0.368 e. The smallest absolute Gasteiger partial charge is 0.221 e. The molecule has 0 spiro atoms. The van der Waals surface area contributed by atoms with Gasteiger partial charge in [0.05, 0.1) is 5.69 Å². The van der Waals surface area contributed by atoms with E-state index in [1.165, 1.54) is 10.4 Å². The van der Waals surface area contributed by atoms with E-state index in [0.717, 1.165) is 21.5 Å². The Labute approximate surface area is 157 Å². The highest BCUT2D eigenvalue weighted by atomic mass is 32.1. The van der Waals surface area contributed by atoms with Gasteiger partial charge in [-0.15, -0.1) is 11.3 Å². The summed E-state index contributed by atoms with van der Waals surface area (Å²) >= 11 is 1.64. The molecular weight excluding hydrogens is 338 g/mol. The lowest BCUT2D eigenvalue weighted by atomic mass is 10.1. The Kier molecular flexibility index (Phi) is 5.77. The first-order valence-corrected chi connectivity index (χ1v) is 9.29. The quantitative estimate of drug-likeness (QED) is 0.434. The largest absolute Gasteiger partial charge is 0.368 e. The maximum atomic E-state index is 5.89. The lowest BCUT2D eigenvalue weighted by molar-refractivity contribution is 1.25. The first-order valence-electron chi connectivity index (χ1n) is 8.48. The first kappa shape index (κ1) is 17.8. The molecule has 0 bridgehead atoms. The summed E-state index contributed by atoms with van der Waals surface area (Å²) in [5.41, 5.74) is 9.02. The van der Waals surface area contributed by atoms with E-state index >= 15 is 0 Å². The topological polar surface area (TPSA) is 51.8 Å². The van der Waals surface area contributed by atoms with Gasteiger partial charge in [-0.25, -0.2) is 9.97 Å². The second-order valence-corrected chi connectivity index (χ2v) is 6.69. The fourth-order valence-corrected chi connectivity index (χ4v) is 3.54. The minimum absolute atomic E-state index is 0.313. The number of nitrogen functional groups attached to an aromatic ring is 1. The zero-order valence-corrected chi connectivity index (χ0v) is 15.7. The SMILES string of the molecule is C/C=C\C.Nc1nc(-c2ccccc2)c2cc(-c3ccccc3)sc2n1. The van der Waals surface area contributed by atoms with E-state index in [2.05, 4.69) is 28.2 Å². The molecule has 4 aromatic rings. The van der Waals surface area contributed by atoms with Gasteiger partial charge < -0.3 is 5.73 Å². The Bertz CT molecular complexity index is 1000. The van der Waals surface area contributed by atoms with Crippen LogP contribution in [0.25, 0.3) is 31.9 Å². The summed E-state index contributed by atoms with van der Waals surface area (Å²) < 4.78 is 0. The van der Waals surface area contributed by atoms with Gasteiger partial charge in [-0.05, 0) is 25.5 Å². The third-order valence-electron chi connectivity index (χ3n) is 3.85. The van der Waals surface area contributed by atoms with Crippen LogP contribution in [0.1, 0.15) is 13.8 Å². The second kappa shape index (κ2) is 8.41. The van der Waals surface area contributed by atoms with Gasteiger partial charge in [-0.1, -0.05) is 72.8 Å². The molecule has 2 aromatic heterocycles. The maximum absolute atomic E-state index is 5.89. The molecule has 0 atom stereocenters. The molecule has 3 nitrogen and oxygen atoms in total. The van der Waals surface area contributed by atoms with Crippen LogP contribution in [0.5, 0.6) is 0 Å². The molecule has 0 unspecified atom stereocenters. The summed E-state index contributed by atoms with van der Waals surface area (Å²) in [4.78, 5) is 10.9. The van der Waals surface area contributed by atoms with Gasteiger partial charge in [0.15, 0.2) is 0 Å². The molecule has 4 rings (SSSR count). The Morgan fingerprint density at radius 3 is 1.96 bits per heavy atom. The van der Waals surface area contributed by atoms with E-state index in [-0.39, 0.29) is 0 Å². The molecule has 0 aliphatic rings. The van der Waals surface area contributed by atoms with Crippen LogP contribution in [0.15, 0.2) is 78.9 Å². The predicted molar refractivity (Wildman–Crippen MR) is 113 cm³/mol. The number of thiophene rings is 1. The third kappa shape index (κ3) is 3.98. The molecule has 2 N–H and O–H groups in total. The number of rotatable bonds is 2. The predicted octanol–water partition coefficient (Wildman–Crippen LogP) is 6.19. The maximum Gasteiger partial charge on any atom is 0.221 e. The van der Waals surface area contributed by atoms with E-state index in [4.69, 9.17) is 5.73 Å². The lowest BCUT2D eigenvalue weighted by Crippen LogP contribution is -1.96. The van der Waals surface area contributed by atoms with E-state index in [1.54, 1.807) is 11.3 Å². The van der Waals surface area contributed by atoms with E-state index in [9.17, 15) is 0 Å². The zero-order chi connectivity index (χ0) is 18.4. The molecule has 2 heterocycles. The van der Waals surface area contributed by atoms with Gasteiger partial charge in [0.1, 0.15) is 4.83 Å². The average Bonchev–Trinajstić information content (AvgIpc) is 3.13. The monoisotopic (exact) mass is 359 g/mol. The van der Waals surface area contributed by atoms with Gasteiger partial charge >= 0.3 is 0 Å². The number of allylic oxidation sites excluding steroid dienone is 2. The Hall–Kier alpha value is -2.98. The van der Waals surface area contributed by atoms with Crippen LogP contribution < -0.4 is 5.73 Å². The number of hydrogen-bond acceptors (Lipinski definition) is 4. The van der Waals surface area contributed by atoms with Gasteiger partial charge in [0, 0.05) is 15.8 Å². The normalized spacial score (nSPS) is 10.7. The van der Waals surface area contributed by atoms with Crippen molar-refractivity contribution in [3.8, 4) is 21.7 Å². The van der Waals surface area contributed by atoms with Crippen molar-refractivity contribution in [2.45, 2.75) is 13.8 Å². The van der Waals surface area contributed by atoms with Crippen molar-refractivity contribution in [1.29, 1.82) is 0 Å². The van der Waals surface area contributed by atoms with Crippen molar-refractivity contribution in [3.05, 3.63) is 78.9 Å². The number of anilines is 1. The number of nitrogens with two attached hydrogens (primary N) is 1. The van der Waals surface area contributed by atoms with Crippen molar-refractivity contribution < 1.29 is 0 Å². The fraction of sp³-hybridized carbons (Fsp3) is 0.0909. The zero-order valence-electron chi connectivity index (χ0n) is 14.9. The minimum atomic E-state index is 0.313. The molecule has 2 aromatic carbocycles. The standard InChI is InChI=1S/C18H13N3S.C4H8/c19-18-20-16(13-9-5-2-6-10-13)14-11-15(22-17(14)21-18)12-7-3-1-4-8-12;1-3-4-2/h1-11H,(H2,19,20,21);3-4H,1-2H3/b;4-3-. The molecule has 0 saturated heterocycles. The van der Waals surface area contributed by atoms with Crippen LogP contribution in [0.4, 0.5) is 5.95 Å². The van der Waals surface area contributed by atoms with Crippen LogP contribution in [0.3, 0.4) is 0 Å². The second-order valence-electron chi connectivity index (χ2n) is 5.66. The third-order valence-corrected chi connectivity index (χ3v) is 4.93. The van der Waals surface area contributed by atoms with Crippen LogP contribution in [-0.2, 0) is 0 Å².